The third-order valence-corrected chi connectivity index (χ3v) is 6.65. The molecular weight excluding hydrogens is 464 g/mol. The molecular formula is C28H25ClN2O4. The van der Waals surface area contributed by atoms with Gasteiger partial charge in [0, 0.05) is 17.8 Å². The van der Waals surface area contributed by atoms with Gasteiger partial charge in [0.1, 0.15) is 17.9 Å². The molecule has 35 heavy (non-hydrogen) atoms. The summed E-state index contributed by atoms with van der Waals surface area (Å²) < 4.78 is 5.51. The second-order valence-electron chi connectivity index (χ2n) is 8.64. The summed E-state index contributed by atoms with van der Waals surface area (Å²) in [5.41, 5.74) is 5.90. The predicted octanol–water partition coefficient (Wildman–Crippen LogP) is 5.21. The SMILES string of the molecule is O=C(NCCC(O)C(O)c1ccc2nc(Cl)ccc2c1)OCC1c2ccccc2-c2ccccc21. The molecule has 0 saturated carbocycles. The molecule has 1 aliphatic rings. The van der Waals surface area contributed by atoms with Crippen molar-refractivity contribution in [1.29, 1.82) is 0 Å². The number of fused-ring (bicyclic) bond motifs is 4. The summed E-state index contributed by atoms with van der Waals surface area (Å²) in [6.07, 6.45) is -2.54. The van der Waals surface area contributed by atoms with Crippen LogP contribution in [-0.4, -0.2) is 40.5 Å². The van der Waals surface area contributed by atoms with Crippen LogP contribution in [-0.2, 0) is 4.74 Å². The molecule has 1 aromatic heterocycles. The van der Waals surface area contributed by atoms with Crippen LogP contribution in [0.3, 0.4) is 0 Å². The second-order valence-corrected chi connectivity index (χ2v) is 9.03. The number of halogens is 1. The lowest BCUT2D eigenvalue weighted by atomic mass is 9.98. The van der Waals surface area contributed by atoms with Crippen molar-refractivity contribution in [3.63, 3.8) is 0 Å². The predicted molar refractivity (Wildman–Crippen MR) is 135 cm³/mol. The molecule has 0 bridgehead atoms. The molecule has 3 aromatic carbocycles. The topological polar surface area (TPSA) is 91.7 Å². The van der Waals surface area contributed by atoms with Gasteiger partial charge in [0.2, 0.25) is 0 Å². The fourth-order valence-electron chi connectivity index (χ4n) is 4.65. The van der Waals surface area contributed by atoms with E-state index in [1.165, 1.54) is 11.1 Å². The highest BCUT2D eigenvalue weighted by molar-refractivity contribution is 6.29. The van der Waals surface area contributed by atoms with Gasteiger partial charge >= 0.3 is 6.09 Å². The van der Waals surface area contributed by atoms with Crippen LogP contribution >= 0.6 is 11.6 Å². The first-order chi connectivity index (χ1) is 17.0. The summed E-state index contributed by atoms with van der Waals surface area (Å²) in [6.45, 7) is 0.389. The Morgan fingerprint density at radius 3 is 2.37 bits per heavy atom. The minimum Gasteiger partial charge on any atom is -0.449 e. The number of carbonyl (C=O) groups excluding carboxylic acids is 1. The molecule has 1 amide bonds. The fourth-order valence-corrected chi connectivity index (χ4v) is 4.81. The number of nitrogens with zero attached hydrogens (tertiary/aromatic N) is 1. The van der Waals surface area contributed by atoms with E-state index in [4.69, 9.17) is 16.3 Å². The average molecular weight is 489 g/mol. The molecule has 0 spiro atoms. The number of rotatable bonds is 7. The van der Waals surface area contributed by atoms with Gasteiger partial charge in [-0.15, -0.1) is 0 Å². The first kappa shape index (κ1) is 23.3. The number of carbonyl (C=O) groups is 1. The van der Waals surface area contributed by atoms with Gasteiger partial charge in [-0.05, 0) is 58.5 Å². The van der Waals surface area contributed by atoms with E-state index in [1.54, 1.807) is 24.3 Å². The Bertz CT molecular complexity index is 1330. The molecule has 1 heterocycles. The zero-order valence-corrected chi connectivity index (χ0v) is 19.7. The van der Waals surface area contributed by atoms with Gasteiger partial charge < -0.3 is 20.3 Å². The van der Waals surface area contributed by atoms with E-state index in [-0.39, 0.29) is 25.5 Å². The standard InChI is InChI=1S/C28H25ClN2O4/c29-26-12-10-17-15-18(9-11-24(17)31-26)27(33)25(32)13-14-30-28(34)35-16-23-21-7-3-1-5-19(21)20-6-2-4-8-22(20)23/h1-12,15,23,25,27,32-33H,13-14,16H2,(H,30,34). The van der Waals surface area contributed by atoms with Crippen LogP contribution < -0.4 is 5.32 Å². The van der Waals surface area contributed by atoms with Gasteiger partial charge in [-0.2, -0.15) is 0 Å². The number of aromatic nitrogens is 1. The monoisotopic (exact) mass is 488 g/mol. The van der Waals surface area contributed by atoms with Crippen LogP contribution in [0.2, 0.25) is 5.15 Å². The van der Waals surface area contributed by atoms with Crippen LogP contribution in [0.25, 0.3) is 22.0 Å². The molecule has 0 aliphatic heterocycles. The van der Waals surface area contributed by atoms with Crippen molar-refractivity contribution >= 4 is 28.6 Å². The van der Waals surface area contributed by atoms with Gasteiger partial charge in [0.15, 0.2) is 0 Å². The van der Waals surface area contributed by atoms with E-state index in [2.05, 4.69) is 34.6 Å². The van der Waals surface area contributed by atoms with E-state index >= 15 is 0 Å². The number of benzene rings is 3. The number of alkyl carbamates (subject to hydrolysis) is 1. The Morgan fingerprint density at radius 1 is 0.971 bits per heavy atom. The van der Waals surface area contributed by atoms with Crippen LogP contribution in [0.5, 0.6) is 0 Å². The number of hydrogen-bond donors (Lipinski definition) is 3. The molecule has 2 atom stereocenters. The molecule has 6 nitrogen and oxygen atoms in total. The third kappa shape index (κ3) is 4.86. The lowest BCUT2D eigenvalue weighted by molar-refractivity contribution is 0.0137. The lowest BCUT2D eigenvalue weighted by Crippen LogP contribution is -2.30. The molecule has 7 heteroatoms. The summed E-state index contributed by atoms with van der Waals surface area (Å²) in [5, 5.41) is 24.9. The van der Waals surface area contributed by atoms with E-state index in [1.807, 2.05) is 30.3 Å². The summed E-state index contributed by atoms with van der Waals surface area (Å²) in [6, 6.07) is 25.0. The maximum Gasteiger partial charge on any atom is 0.407 e. The molecule has 1 aliphatic carbocycles. The summed E-state index contributed by atoms with van der Waals surface area (Å²) >= 11 is 5.91. The smallest absolute Gasteiger partial charge is 0.407 e. The average Bonchev–Trinajstić information content (AvgIpc) is 3.20. The van der Waals surface area contributed by atoms with Crippen LogP contribution in [0.15, 0.2) is 78.9 Å². The van der Waals surface area contributed by atoms with Crippen LogP contribution in [0, 0.1) is 0 Å². The van der Waals surface area contributed by atoms with Gasteiger partial charge in [0.25, 0.3) is 0 Å². The summed E-state index contributed by atoms with van der Waals surface area (Å²) in [5.74, 6) is -0.0159. The zero-order chi connectivity index (χ0) is 24.4. The van der Waals surface area contributed by atoms with Crippen molar-refractivity contribution in [1.82, 2.24) is 10.3 Å². The van der Waals surface area contributed by atoms with E-state index < -0.39 is 18.3 Å². The molecule has 5 rings (SSSR count). The Balaban J connectivity index is 1.13. The van der Waals surface area contributed by atoms with Crippen molar-refractivity contribution < 1.29 is 19.7 Å². The largest absolute Gasteiger partial charge is 0.449 e. The highest BCUT2D eigenvalue weighted by Gasteiger charge is 2.29. The number of nitrogens with one attached hydrogen (secondary N) is 1. The fraction of sp³-hybridized carbons (Fsp3) is 0.214. The Labute approximate surface area is 208 Å². The molecule has 0 fully saturated rings. The zero-order valence-electron chi connectivity index (χ0n) is 18.9. The molecule has 2 unspecified atom stereocenters. The van der Waals surface area contributed by atoms with Crippen LogP contribution in [0.1, 0.15) is 35.1 Å². The number of aliphatic hydroxyl groups excluding tert-OH is 2. The minimum atomic E-state index is -1.10. The van der Waals surface area contributed by atoms with Crippen molar-refractivity contribution in [2.24, 2.45) is 0 Å². The van der Waals surface area contributed by atoms with Gasteiger partial charge in [-0.1, -0.05) is 66.2 Å². The molecule has 4 aromatic rings. The molecule has 3 N–H and O–H groups in total. The maximum atomic E-state index is 12.3. The molecule has 0 radical (unpaired) electrons. The highest BCUT2D eigenvalue weighted by atomic mass is 35.5. The van der Waals surface area contributed by atoms with Crippen LogP contribution in [0.4, 0.5) is 4.79 Å². The Kier molecular flexibility index (Phi) is 6.68. The Morgan fingerprint density at radius 2 is 1.66 bits per heavy atom. The van der Waals surface area contributed by atoms with Crippen molar-refractivity contribution in [3.05, 3.63) is 101 Å². The van der Waals surface area contributed by atoms with Crippen molar-refractivity contribution in [2.45, 2.75) is 24.5 Å². The first-order valence-corrected chi connectivity index (χ1v) is 11.9. The van der Waals surface area contributed by atoms with Gasteiger partial charge in [0.05, 0.1) is 11.6 Å². The second kappa shape index (κ2) is 10.0. The quantitative estimate of drug-likeness (QED) is 0.310. The Hall–Kier alpha value is -3.45. The van der Waals surface area contributed by atoms with Crippen molar-refractivity contribution in [2.75, 3.05) is 13.2 Å². The number of pyridine rings is 1. The first-order valence-electron chi connectivity index (χ1n) is 11.5. The number of amides is 1. The summed E-state index contributed by atoms with van der Waals surface area (Å²) in [7, 11) is 0. The number of hydrogen-bond acceptors (Lipinski definition) is 5. The lowest BCUT2D eigenvalue weighted by Gasteiger charge is -2.19. The third-order valence-electron chi connectivity index (χ3n) is 6.44. The minimum absolute atomic E-state index is 0.0159. The van der Waals surface area contributed by atoms with Crippen molar-refractivity contribution in [3.8, 4) is 11.1 Å². The molecule has 178 valence electrons. The number of ether oxygens (including phenoxy) is 1. The number of aliphatic hydroxyl groups is 2. The van der Waals surface area contributed by atoms with Gasteiger partial charge in [-0.25, -0.2) is 9.78 Å². The van der Waals surface area contributed by atoms with E-state index in [0.717, 1.165) is 16.5 Å². The summed E-state index contributed by atoms with van der Waals surface area (Å²) in [4.78, 5) is 16.5. The van der Waals surface area contributed by atoms with E-state index in [9.17, 15) is 15.0 Å². The maximum absolute atomic E-state index is 12.3. The van der Waals surface area contributed by atoms with E-state index in [0.29, 0.717) is 16.2 Å². The van der Waals surface area contributed by atoms with Gasteiger partial charge in [-0.3, -0.25) is 0 Å². The highest BCUT2D eigenvalue weighted by Crippen LogP contribution is 2.44. The molecule has 0 saturated heterocycles. The normalized spacial score (nSPS) is 14.3.